The highest BCUT2D eigenvalue weighted by molar-refractivity contribution is 7.99. The number of rotatable bonds is 4. The molecule has 1 amide bonds. The van der Waals surface area contributed by atoms with Crippen molar-refractivity contribution in [3.63, 3.8) is 0 Å². The zero-order valence-corrected chi connectivity index (χ0v) is 15.4. The summed E-state index contributed by atoms with van der Waals surface area (Å²) in [6.45, 7) is 3.38. The van der Waals surface area contributed by atoms with E-state index in [2.05, 4.69) is 15.2 Å². The van der Waals surface area contributed by atoms with Crippen LogP contribution in [0.5, 0.6) is 0 Å². The number of pyridine rings is 1. The molecule has 130 valence electrons. The number of benzene rings is 1. The standard InChI is InChI=1S/C19H20ClN3OS/c20-18-6-5-17(10-21-18)25-16-3-1-14(2-4-16)19(24)22-15-9-13-7-8-23(11-13)12-15/h1-6,10,13,15H,7-9,11-12H2,(H,22,24)/t13-,15-/m1/s1. The molecular formula is C19H20ClN3OS. The van der Waals surface area contributed by atoms with Gasteiger partial charge in [-0.2, -0.15) is 0 Å². The SMILES string of the molecule is O=C(N[C@@H]1C[C@H]2CCN(C2)C1)c1ccc(Sc2ccc(Cl)nc2)cc1. The fourth-order valence-electron chi connectivity index (χ4n) is 3.67. The van der Waals surface area contributed by atoms with Crippen LogP contribution < -0.4 is 5.32 Å². The van der Waals surface area contributed by atoms with Crippen LogP contribution in [0.2, 0.25) is 5.15 Å². The zero-order chi connectivity index (χ0) is 17.2. The number of hydrogen-bond acceptors (Lipinski definition) is 4. The summed E-state index contributed by atoms with van der Waals surface area (Å²) in [5, 5.41) is 3.69. The van der Waals surface area contributed by atoms with Crippen molar-refractivity contribution in [1.29, 1.82) is 0 Å². The van der Waals surface area contributed by atoms with E-state index < -0.39 is 0 Å². The number of halogens is 1. The molecule has 2 aromatic rings. The lowest BCUT2D eigenvalue weighted by Gasteiger charge is -2.30. The summed E-state index contributed by atoms with van der Waals surface area (Å²) in [5.74, 6) is 0.781. The Kier molecular flexibility index (Phi) is 4.97. The second kappa shape index (κ2) is 7.36. The predicted octanol–water partition coefficient (Wildman–Crippen LogP) is 3.71. The molecule has 1 unspecified atom stereocenters. The number of carbonyl (C=O) groups excluding carboxylic acids is 1. The first-order valence-corrected chi connectivity index (χ1v) is 9.78. The molecule has 1 aromatic carbocycles. The minimum Gasteiger partial charge on any atom is -0.348 e. The maximum Gasteiger partial charge on any atom is 0.251 e. The topological polar surface area (TPSA) is 45.2 Å². The molecule has 4 rings (SSSR count). The Morgan fingerprint density at radius 1 is 1.16 bits per heavy atom. The molecule has 2 aliphatic rings. The lowest BCUT2D eigenvalue weighted by molar-refractivity contribution is 0.0909. The molecule has 0 radical (unpaired) electrons. The largest absolute Gasteiger partial charge is 0.348 e. The predicted molar refractivity (Wildman–Crippen MR) is 100 cm³/mol. The van der Waals surface area contributed by atoms with Gasteiger partial charge >= 0.3 is 0 Å². The molecular weight excluding hydrogens is 354 g/mol. The molecule has 1 N–H and O–H groups in total. The van der Waals surface area contributed by atoms with Gasteiger partial charge in [0.05, 0.1) is 0 Å². The van der Waals surface area contributed by atoms with Gasteiger partial charge in [-0.15, -0.1) is 0 Å². The molecule has 3 atom stereocenters. The molecule has 0 saturated carbocycles. The van der Waals surface area contributed by atoms with Crippen molar-refractivity contribution >= 4 is 29.3 Å². The molecule has 25 heavy (non-hydrogen) atoms. The Morgan fingerprint density at radius 2 is 1.96 bits per heavy atom. The van der Waals surface area contributed by atoms with Gasteiger partial charge in [0.2, 0.25) is 0 Å². The Morgan fingerprint density at radius 3 is 2.68 bits per heavy atom. The van der Waals surface area contributed by atoms with Crippen molar-refractivity contribution in [3.05, 3.63) is 53.3 Å². The summed E-state index contributed by atoms with van der Waals surface area (Å²) in [6, 6.07) is 11.7. The smallest absolute Gasteiger partial charge is 0.251 e. The van der Waals surface area contributed by atoms with Crippen LogP contribution in [-0.2, 0) is 0 Å². The van der Waals surface area contributed by atoms with E-state index in [0.717, 1.165) is 28.7 Å². The van der Waals surface area contributed by atoms with Crippen LogP contribution in [0.15, 0.2) is 52.4 Å². The van der Waals surface area contributed by atoms with Crippen molar-refractivity contribution < 1.29 is 4.79 Å². The van der Waals surface area contributed by atoms with Gasteiger partial charge in [-0.25, -0.2) is 4.98 Å². The van der Waals surface area contributed by atoms with Crippen LogP contribution >= 0.6 is 23.4 Å². The Bertz CT molecular complexity index is 738. The molecule has 2 saturated heterocycles. The Labute approximate surface area is 157 Å². The van der Waals surface area contributed by atoms with Gasteiger partial charge in [-0.1, -0.05) is 23.4 Å². The minimum atomic E-state index is 0.0252. The fraction of sp³-hybridized carbons (Fsp3) is 0.368. The molecule has 2 fully saturated rings. The summed E-state index contributed by atoms with van der Waals surface area (Å²) in [6.07, 6.45) is 4.14. The van der Waals surface area contributed by atoms with E-state index in [1.807, 2.05) is 30.3 Å². The number of nitrogens with one attached hydrogen (secondary N) is 1. The van der Waals surface area contributed by atoms with Gasteiger partial charge in [0.15, 0.2) is 0 Å². The third-order valence-electron chi connectivity index (χ3n) is 4.85. The maximum atomic E-state index is 12.5. The highest BCUT2D eigenvalue weighted by Gasteiger charge is 2.32. The quantitative estimate of drug-likeness (QED) is 0.830. The number of piperidine rings is 1. The second-order valence-electron chi connectivity index (χ2n) is 6.76. The molecule has 0 spiro atoms. The van der Waals surface area contributed by atoms with Gasteiger partial charge < -0.3 is 10.2 Å². The van der Waals surface area contributed by atoms with Crippen molar-refractivity contribution in [1.82, 2.24) is 15.2 Å². The van der Waals surface area contributed by atoms with Crippen molar-refractivity contribution in [3.8, 4) is 0 Å². The molecule has 0 aliphatic carbocycles. The first-order chi connectivity index (χ1) is 12.2. The Balaban J connectivity index is 1.36. The number of carbonyl (C=O) groups is 1. The lowest BCUT2D eigenvalue weighted by Crippen LogP contribution is -2.47. The first-order valence-electron chi connectivity index (χ1n) is 8.58. The molecule has 3 heterocycles. The van der Waals surface area contributed by atoms with E-state index in [1.165, 1.54) is 19.5 Å². The monoisotopic (exact) mass is 373 g/mol. The van der Waals surface area contributed by atoms with Gasteiger partial charge in [0.1, 0.15) is 5.15 Å². The minimum absolute atomic E-state index is 0.0252. The van der Waals surface area contributed by atoms with Gasteiger partial charge in [0.25, 0.3) is 5.91 Å². The second-order valence-corrected chi connectivity index (χ2v) is 8.30. The first kappa shape index (κ1) is 16.9. The molecule has 2 aliphatic heterocycles. The normalized spacial score (nSPS) is 24.9. The van der Waals surface area contributed by atoms with Crippen molar-refractivity contribution in [2.75, 3.05) is 19.6 Å². The third-order valence-corrected chi connectivity index (χ3v) is 6.06. The average molecular weight is 374 g/mol. The van der Waals surface area contributed by atoms with E-state index in [9.17, 15) is 4.79 Å². The highest BCUT2D eigenvalue weighted by Crippen LogP contribution is 2.28. The fourth-order valence-corrected chi connectivity index (χ4v) is 4.56. The summed E-state index contributed by atoms with van der Waals surface area (Å²) in [4.78, 5) is 21.1. The number of nitrogens with zero attached hydrogens (tertiary/aromatic N) is 2. The third kappa shape index (κ3) is 4.17. The molecule has 6 heteroatoms. The maximum absolute atomic E-state index is 12.5. The number of hydrogen-bond donors (Lipinski definition) is 1. The van der Waals surface area contributed by atoms with E-state index in [4.69, 9.17) is 11.6 Å². The van der Waals surface area contributed by atoms with Crippen LogP contribution in [0.3, 0.4) is 0 Å². The summed E-state index contributed by atoms with van der Waals surface area (Å²) in [5.41, 5.74) is 0.714. The van der Waals surface area contributed by atoms with E-state index in [1.54, 1.807) is 24.0 Å². The lowest BCUT2D eigenvalue weighted by atomic mass is 9.96. The van der Waals surface area contributed by atoms with Crippen LogP contribution in [0.4, 0.5) is 0 Å². The van der Waals surface area contributed by atoms with E-state index in [-0.39, 0.29) is 11.9 Å². The highest BCUT2D eigenvalue weighted by atomic mass is 35.5. The summed E-state index contributed by atoms with van der Waals surface area (Å²) in [7, 11) is 0. The van der Waals surface area contributed by atoms with E-state index in [0.29, 0.717) is 10.7 Å². The Hall–Kier alpha value is -1.56. The molecule has 1 aromatic heterocycles. The average Bonchev–Trinajstić information content (AvgIpc) is 2.96. The summed E-state index contributed by atoms with van der Waals surface area (Å²) < 4.78 is 0. The van der Waals surface area contributed by atoms with Crippen LogP contribution in [0.25, 0.3) is 0 Å². The number of amides is 1. The van der Waals surface area contributed by atoms with Crippen LogP contribution in [-0.4, -0.2) is 41.5 Å². The van der Waals surface area contributed by atoms with Crippen molar-refractivity contribution in [2.45, 2.75) is 28.7 Å². The number of aromatic nitrogens is 1. The van der Waals surface area contributed by atoms with Gasteiger partial charge in [0, 0.05) is 40.7 Å². The summed E-state index contributed by atoms with van der Waals surface area (Å²) >= 11 is 7.41. The number of fused-ring (bicyclic) bond motifs is 2. The van der Waals surface area contributed by atoms with Crippen molar-refractivity contribution in [2.24, 2.45) is 5.92 Å². The molecule has 4 nitrogen and oxygen atoms in total. The van der Waals surface area contributed by atoms with Crippen LogP contribution in [0.1, 0.15) is 23.2 Å². The zero-order valence-electron chi connectivity index (χ0n) is 13.8. The van der Waals surface area contributed by atoms with Crippen LogP contribution in [0, 0.1) is 5.92 Å². The molecule has 2 bridgehead atoms. The van der Waals surface area contributed by atoms with Gasteiger partial charge in [-0.3, -0.25) is 4.79 Å². The van der Waals surface area contributed by atoms with E-state index >= 15 is 0 Å². The van der Waals surface area contributed by atoms with Gasteiger partial charge in [-0.05, 0) is 61.7 Å².